The first-order valence-electron chi connectivity index (χ1n) is 4.18. The summed E-state index contributed by atoms with van der Waals surface area (Å²) in [5.74, 6) is 5.69. The summed E-state index contributed by atoms with van der Waals surface area (Å²) in [5, 5.41) is 8.83. The molecule has 1 aliphatic heterocycles. The van der Waals surface area contributed by atoms with Crippen LogP contribution in [0.3, 0.4) is 0 Å². The van der Waals surface area contributed by atoms with Crippen LogP contribution in [-0.4, -0.2) is 35.7 Å². The van der Waals surface area contributed by atoms with E-state index in [4.69, 9.17) is 5.11 Å². The topological polar surface area (TPSA) is 23.5 Å². The van der Waals surface area contributed by atoms with Crippen molar-refractivity contribution in [3.63, 3.8) is 0 Å². The summed E-state index contributed by atoms with van der Waals surface area (Å²) in [5.41, 5.74) is 0. The van der Waals surface area contributed by atoms with Gasteiger partial charge < -0.3 is 5.11 Å². The fourth-order valence-corrected chi connectivity index (χ4v) is 1.25. The monoisotopic (exact) mass is 153 g/mol. The first kappa shape index (κ1) is 8.58. The van der Waals surface area contributed by atoms with Gasteiger partial charge in [0.2, 0.25) is 0 Å². The lowest BCUT2D eigenvalue weighted by molar-refractivity contribution is 0.253. The van der Waals surface area contributed by atoms with E-state index >= 15 is 0 Å². The van der Waals surface area contributed by atoms with Crippen LogP contribution in [0.25, 0.3) is 0 Å². The van der Waals surface area contributed by atoms with Crippen molar-refractivity contribution in [2.75, 3.05) is 19.6 Å². The number of aliphatic hydroxyl groups is 1. The highest BCUT2D eigenvalue weighted by atomic mass is 16.3. The molecule has 0 aromatic rings. The Morgan fingerprint density at radius 2 is 2.09 bits per heavy atom. The van der Waals surface area contributed by atoms with Gasteiger partial charge in [-0.1, -0.05) is 11.8 Å². The molecule has 0 spiro atoms. The zero-order chi connectivity index (χ0) is 8.10. The lowest BCUT2D eigenvalue weighted by Gasteiger charge is -2.08. The van der Waals surface area contributed by atoms with Crippen LogP contribution in [0, 0.1) is 11.8 Å². The summed E-state index contributed by atoms with van der Waals surface area (Å²) in [7, 11) is 0. The Kier molecular flexibility index (Phi) is 3.41. The van der Waals surface area contributed by atoms with Crippen LogP contribution >= 0.6 is 0 Å². The normalized spacial score (nSPS) is 20.9. The highest BCUT2D eigenvalue weighted by Crippen LogP contribution is 2.05. The molecule has 1 heterocycles. The van der Waals surface area contributed by atoms with Gasteiger partial charge in [-0.2, -0.15) is 0 Å². The fraction of sp³-hybridized carbons (Fsp3) is 0.778. The molecular formula is C9H15NO. The predicted molar refractivity (Wildman–Crippen MR) is 45.1 cm³/mol. The molecule has 1 N–H and O–H groups in total. The van der Waals surface area contributed by atoms with E-state index in [0.717, 1.165) is 6.54 Å². The molecule has 1 rings (SSSR count). The molecular weight excluding hydrogens is 138 g/mol. The van der Waals surface area contributed by atoms with Crippen molar-refractivity contribution in [1.29, 1.82) is 0 Å². The number of aliphatic hydroxyl groups excluding tert-OH is 1. The van der Waals surface area contributed by atoms with E-state index in [1.165, 1.54) is 25.9 Å². The third-order valence-corrected chi connectivity index (χ3v) is 1.81. The van der Waals surface area contributed by atoms with Gasteiger partial charge in [-0.05, 0) is 32.9 Å². The van der Waals surface area contributed by atoms with Crippen molar-refractivity contribution in [2.45, 2.75) is 25.9 Å². The van der Waals surface area contributed by atoms with Gasteiger partial charge in [0.1, 0.15) is 6.10 Å². The SMILES string of the molecule is CC(O)C#CCN1CCCC1. The van der Waals surface area contributed by atoms with Gasteiger partial charge in [-0.15, -0.1) is 0 Å². The second-order valence-corrected chi connectivity index (χ2v) is 2.98. The van der Waals surface area contributed by atoms with E-state index in [1.54, 1.807) is 6.92 Å². The van der Waals surface area contributed by atoms with E-state index in [1.807, 2.05) is 0 Å². The van der Waals surface area contributed by atoms with Crippen molar-refractivity contribution >= 4 is 0 Å². The summed E-state index contributed by atoms with van der Waals surface area (Å²) in [6.07, 6.45) is 2.13. The number of nitrogens with zero attached hydrogens (tertiary/aromatic N) is 1. The van der Waals surface area contributed by atoms with E-state index in [2.05, 4.69) is 16.7 Å². The van der Waals surface area contributed by atoms with Crippen LogP contribution in [0.4, 0.5) is 0 Å². The zero-order valence-electron chi connectivity index (χ0n) is 7.01. The van der Waals surface area contributed by atoms with Crippen molar-refractivity contribution in [2.24, 2.45) is 0 Å². The summed E-state index contributed by atoms with van der Waals surface area (Å²) in [6, 6.07) is 0. The fourth-order valence-electron chi connectivity index (χ4n) is 1.25. The Hall–Kier alpha value is -0.520. The molecule has 1 aliphatic rings. The average molecular weight is 153 g/mol. The van der Waals surface area contributed by atoms with E-state index in [0.29, 0.717) is 0 Å². The molecule has 0 aromatic carbocycles. The van der Waals surface area contributed by atoms with Gasteiger partial charge in [0.15, 0.2) is 0 Å². The molecule has 0 amide bonds. The standard InChI is InChI=1S/C9H15NO/c1-9(11)5-4-8-10-6-2-3-7-10/h9,11H,2-3,6-8H2,1H3. The molecule has 1 saturated heterocycles. The lowest BCUT2D eigenvalue weighted by atomic mass is 10.4. The maximum absolute atomic E-state index is 8.83. The van der Waals surface area contributed by atoms with Crippen molar-refractivity contribution in [3.05, 3.63) is 0 Å². The molecule has 0 aromatic heterocycles. The number of rotatable bonds is 1. The molecule has 1 fully saturated rings. The Morgan fingerprint density at radius 1 is 1.45 bits per heavy atom. The van der Waals surface area contributed by atoms with Gasteiger partial charge in [-0.25, -0.2) is 0 Å². The third-order valence-electron chi connectivity index (χ3n) is 1.81. The predicted octanol–water partition coefficient (Wildman–Crippen LogP) is 0.466. The van der Waals surface area contributed by atoms with Gasteiger partial charge >= 0.3 is 0 Å². The molecule has 0 bridgehead atoms. The molecule has 1 unspecified atom stereocenters. The lowest BCUT2D eigenvalue weighted by Crippen LogP contribution is -2.19. The Bertz CT molecular complexity index is 160. The summed E-state index contributed by atoms with van der Waals surface area (Å²) in [6.45, 7) is 4.87. The minimum Gasteiger partial charge on any atom is -0.381 e. The van der Waals surface area contributed by atoms with Gasteiger partial charge in [0.25, 0.3) is 0 Å². The third kappa shape index (κ3) is 3.41. The molecule has 0 aliphatic carbocycles. The second-order valence-electron chi connectivity index (χ2n) is 2.98. The number of hydrogen-bond acceptors (Lipinski definition) is 2. The Morgan fingerprint density at radius 3 is 2.64 bits per heavy atom. The van der Waals surface area contributed by atoms with E-state index < -0.39 is 6.10 Å². The van der Waals surface area contributed by atoms with Gasteiger partial charge in [-0.3, -0.25) is 4.90 Å². The van der Waals surface area contributed by atoms with Gasteiger partial charge in [0.05, 0.1) is 6.54 Å². The van der Waals surface area contributed by atoms with E-state index in [9.17, 15) is 0 Å². The highest BCUT2D eigenvalue weighted by Gasteiger charge is 2.08. The maximum atomic E-state index is 8.83. The van der Waals surface area contributed by atoms with Crippen LogP contribution in [0.1, 0.15) is 19.8 Å². The average Bonchev–Trinajstić information content (AvgIpc) is 2.39. The van der Waals surface area contributed by atoms with Crippen LogP contribution in [0.5, 0.6) is 0 Å². The highest BCUT2D eigenvalue weighted by molar-refractivity contribution is 5.05. The van der Waals surface area contributed by atoms with Crippen molar-refractivity contribution in [3.8, 4) is 11.8 Å². The second kappa shape index (κ2) is 4.38. The maximum Gasteiger partial charge on any atom is 0.112 e. The minimum absolute atomic E-state index is 0.474. The molecule has 62 valence electrons. The van der Waals surface area contributed by atoms with Crippen LogP contribution < -0.4 is 0 Å². The first-order chi connectivity index (χ1) is 5.29. The van der Waals surface area contributed by atoms with Crippen LogP contribution in [0.2, 0.25) is 0 Å². The molecule has 11 heavy (non-hydrogen) atoms. The van der Waals surface area contributed by atoms with Crippen LogP contribution in [0.15, 0.2) is 0 Å². The largest absolute Gasteiger partial charge is 0.381 e. The molecule has 1 atom stereocenters. The summed E-state index contributed by atoms with van der Waals surface area (Å²) in [4.78, 5) is 2.31. The smallest absolute Gasteiger partial charge is 0.112 e. The molecule has 2 nitrogen and oxygen atoms in total. The zero-order valence-corrected chi connectivity index (χ0v) is 7.01. The van der Waals surface area contributed by atoms with Crippen LogP contribution in [-0.2, 0) is 0 Å². The van der Waals surface area contributed by atoms with Crippen molar-refractivity contribution in [1.82, 2.24) is 4.90 Å². The number of hydrogen-bond donors (Lipinski definition) is 1. The molecule has 0 radical (unpaired) electrons. The molecule has 0 saturated carbocycles. The first-order valence-corrected chi connectivity index (χ1v) is 4.18. The van der Waals surface area contributed by atoms with Gasteiger partial charge in [0, 0.05) is 0 Å². The summed E-state index contributed by atoms with van der Waals surface area (Å²) < 4.78 is 0. The quantitative estimate of drug-likeness (QED) is 0.553. The van der Waals surface area contributed by atoms with E-state index in [-0.39, 0.29) is 0 Å². The molecule has 2 heteroatoms. The Labute approximate surface area is 68.2 Å². The number of likely N-dealkylation sites (tertiary alicyclic amines) is 1. The minimum atomic E-state index is -0.474. The Balaban J connectivity index is 2.16. The van der Waals surface area contributed by atoms with Crippen molar-refractivity contribution < 1.29 is 5.11 Å². The summed E-state index contributed by atoms with van der Waals surface area (Å²) >= 11 is 0.